The van der Waals surface area contributed by atoms with Gasteiger partial charge in [-0.05, 0) is 0 Å². The topological polar surface area (TPSA) is 230 Å². The van der Waals surface area contributed by atoms with Crippen LogP contribution in [-0.4, -0.2) is 89.1 Å². The quantitative estimate of drug-likeness (QED) is 0.205. The van der Waals surface area contributed by atoms with E-state index in [0.29, 0.717) is 0 Å². The zero-order valence-electron chi connectivity index (χ0n) is 13.5. The Bertz CT molecular complexity index is 325. The summed E-state index contributed by atoms with van der Waals surface area (Å²) in [7, 11) is 0. The smallest absolute Gasteiger partial charge is 1.00 e. The van der Waals surface area contributed by atoms with E-state index in [0.717, 1.165) is 0 Å². The second-order valence-corrected chi connectivity index (χ2v) is 3.13. The number of hydrogen-bond donors (Lipinski definition) is 8. The molecule has 0 saturated carbocycles. The molecule has 0 fully saturated rings. The van der Waals surface area contributed by atoms with Crippen LogP contribution < -0.4 is 80.9 Å². The third-order valence-corrected chi connectivity index (χ3v) is 1.61. The Morgan fingerprint density at radius 1 is 0.545 bits per heavy atom. The molecule has 0 aliphatic heterocycles. The van der Waals surface area contributed by atoms with Gasteiger partial charge in [0, 0.05) is 0 Å². The minimum atomic E-state index is -2.27. The molecular weight excluding hydrogens is 350 g/mol. The van der Waals surface area contributed by atoms with Crippen LogP contribution in [0.2, 0.25) is 0 Å². The number of carbonyl (C=O) groups is 4. The number of aliphatic hydroxyl groups excluding tert-OH is 4. The fourth-order valence-corrected chi connectivity index (χ4v) is 0.540. The van der Waals surface area contributed by atoms with Crippen molar-refractivity contribution in [3.8, 4) is 0 Å². The van der Waals surface area contributed by atoms with Gasteiger partial charge in [0.05, 0.1) is 0 Å². The second-order valence-electron chi connectivity index (χ2n) is 3.13. The van der Waals surface area contributed by atoms with Gasteiger partial charge in [-0.1, -0.05) is 0 Å². The predicted octanol–water partition coefficient (Wildman–Crippen LogP) is -10.0. The van der Waals surface area contributed by atoms with Crippen molar-refractivity contribution >= 4 is 23.9 Å². The van der Waals surface area contributed by atoms with E-state index in [1.807, 2.05) is 0 Å². The van der Waals surface area contributed by atoms with E-state index in [4.69, 9.17) is 40.9 Å². The first-order valence-corrected chi connectivity index (χ1v) is 4.57. The standard InChI is InChI=1S/2C4H6O6.K.Na.2H/c2*5-1(3(7)8)2(6)4(9)10;;;;/h2*1-2,5-6H,(H,7,8)(H,9,10);;;;/q;;2*+1;2*-1. The fraction of sp³-hybridized carbons (Fsp3) is 0.500. The Hall–Kier alpha value is 0.356. The third-order valence-electron chi connectivity index (χ3n) is 1.61. The van der Waals surface area contributed by atoms with E-state index in [9.17, 15) is 19.2 Å². The molecule has 14 heteroatoms. The number of aliphatic hydroxyl groups is 4. The predicted molar refractivity (Wildman–Crippen MR) is 56.8 cm³/mol. The van der Waals surface area contributed by atoms with E-state index >= 15 is 0 Å². The molecule has 0 spiro atoms. The number of rotatable bonds is 6. The summed E-state index contributed by atoms with van der Waals surface area (Å²) in [4.78, 5) is 39.1. The van der Waals surface area contributed by atoms with Crippen LogP contribution in [0.25, 0.3) is 0 Å². The Balaban J connectivity index is -0.0000000579. The van der Waals surface area contributed by atoms with Crippen LogP contribution in [0.15, 0.2) is 0 Å². The molecule has 0 heterocycles. The van der Waals surface area contributed by atoms with Crippen molar-refractivity contribution in [1.82, 2.24) is 0 Å². The molecule has 0 radical (unpaired) electrons. The van der Waals surface area contributed by atoms with Crippen LogP contribution in [0, 0.1) is 0 Å². The van der Waals surface area contributed by atoms with Gasteiger partial charge in [0.25, 0.3) is 0 Å². The van der Waals surface area contributed by atoms with Crippen LogP contribution in [-0.2, 0) is 19.2 Å². The summed E-state index contributed by atoms with van der Waals surface area (Å²) in [6, 6.07) is 0. The van der Waals surface area contributed by atoms with E-state index in [2.05, 4.69) is 0 Å². The van der Waals surface area contributed by atoms with E-state index in [-0.39, 0.29) is 83.8 Å². The van der Waals surface area contributed by atoms with Crippen molar-refractivity contribution < 1.29 is 144 Å². The van der Waals surface area contributed by atoms with Gasteiger partial charge in [-0.15, -0.1) is 0 Å². The molecule has 0 aromatic carbocycles. The molecule has 0 bridgehead atoms. The average molecular weight is 364 g/mol. The molecule has 0 aliphatic rings. The summed E-state index contributed by atoms with van der Waals surface area (Å²) in [5, 5.41) is 65.1. The monoisotopic (exact) mass is 364 g/mol. The van der Waals surface area contributed by atoms with Gasteiger partial charge in [-0.2, -0.15) is 0 Å². The number of hydrogen-bond acceptors (Lipinski definition) is 8. The summed E-state index contributed by atoms with van der Waals surface area (Å²) in [6.45, 7) is 0. The Labute approximate surface area is 190 Å². The maximum Gasteiger partial charge on any atom is 1.00 e. The molecule has 120 valence electrons. The number of carboxylic acids is 4. The summed E-state index contributed by atoms with van der Waals surface area (Å²) in [5.41, 5.74) is 0. The van der Waals surface area contributed by atoms with Crippen molar-refractivity contribution in [1.29, 1.82) is 0 Å². The van der Waals surface area contributed by atoms with E-state index < -0.39 is 48.3 Å². The normalized spacial score (nSPS) is 14.4. The molecule has 0 amide bonds. The molecule has 0 aromatic heterocycles. The van der Waals surface area contributed by atoms with E-state index in [1.54, 1.807) is 0 Å². The number of aliphatic carboxylic acids is 4. The summed E-state index contributed by atoms with van der Waals surface area (Å²) in [5.74, 6) is -7.07. The van der Waals surface area contributed by atoms with Crippen LogP contribution in [0.5, 0.6) is 0 Å². The zero-order chi connectivity index (χ0) is 16.6. The average Bonchev–Trinajstić information content (AvgIpc) is 2.35. The molecular formula is C8H14KNaO12. The summed E-state index contributed by atoms with van der Waals surface area (Å²) in [6.07, 6.45) is -9.06. The van der Waals surface area contributed by atoms with Crippen LogP contribution in [0.3, 0.4) is 0 Å². The number of carboxylic acid groups (broad SMARTS) is 4. The van der Waals surface area contributed by atoms with Gasteiger partial charge in [0.1, 0.15) is 0 Å². The molecule has 0 aromatic rings. The van der Waals surface area contributed by atoms with Crippen LogP contribution in [0.4, 0.5) is 0 Å². The van der Waals surface area contributed by atoms with Crippen molar-refractivity contribution in [3.05, 3.63) is 0 Å². The van der Waals surface area contributed by atoms with Crippen molar-refractivity contribution in [2.45, 2.75) is 24.4 Å². The fourth-order valence-electron chi connectivity index (χ4n) is 0.540. The molecule has 22 heavy (non-hydrogen) atoms. The second kappa shape index (κ2) is 14.9. The maximum absolute atomic E-state index is 9.77. The summed E-state index contributed by atoms with van der Waals surface area (Å²) >= 11 is 0. The molecule has 4 atom stereocenters. The Morgan fingerprint density at radius 2 is 0.636 bits per heavy atom. The van der Waals surface area contributed by atoms with Gasteiger partial charge < -0.3 is 43.7 Å². The summed E-state index contributed by atoms with van der Waals surface area (Å²) < 4.78 is 0. The first-order chi connectivity index (χ1) is 8.93. The minimum Gasteiger partial charge on any atom is -1.00 e. The Kier molecular flexibility index (Phi) is 20.5. The molecule has 12 nitrogen and oxygen atoms in total. The Morgan fingerprint density at radius 3 is 0.682 bits per heavy atom. The first-order valence-electron chi connectivity index (χ1n) is 4.57. The van der Waals surface area contributed by atoms with Crippen molar-refractivity contribution in [2.24, 2.45) is 0 Å². The molecule has 8 N–H and O–H groups in total. The van der Waals surface area contributed by atoms with E-state index in [1.165, 1.54) is 0 Å². The zero-order valence-corrected chi connectivity index (χ0v) is 16.6. The maximum atomic E-state index is 9.77. The van der Waals surface area contributed by atoms with Crippen molar-refractivity contribution in [3.63, 3.8) is 0 Å². The van der Waals surface area contributed by atoms with Gasteiger partial charge in [0.2, 0.25) is 0 Å². The molecule has 0 aliphatic carbocycles. The first kappa shape index (κ1) is 30.3. The molecule has 0 saturated heterocycles. The van der Waals surface area contributed by atoms with Gasteiger partial charge in [-0.3, -0.25) is 0 Å². The minimum absolute atomic E-state index is 0. The SMILES string of the molecule is O=C(O)C(O)C(O)C(=O)O.O=C(O)C(O)C(O)C(=O)O.[H-].[H-].[K+].[Na+]. The third kappa shape index (κ3) is 12.9. The van der Waals surface area contributed by atoms with Gasteiger partial charge in [-0.25, -0.2) is 19.2 Å². The van der Waals surface area contributed by atoms with Crippen molar-refractivity contribution in [2.75, 3.05) is 0 Å². The van der Waals surface area contributed by atoms with Crippen LogP contribution >= 0.6 is 0 Å². The van der Waals surface area contributed by atoms with Gasteiger partial charge in [0.15, 0.2) is 24.4 Å². The van der Waals surface area contributed by atoms with Gasteiger partial charge >= 0.3 is 105 Å². The van der Waals surface area contributed by atoms with Crippen LogP contribution in [0.1, 0.15) is 2.85 Å². The molecule has 4 unspecified atom stereocenters. The largest absolute Gasteiger partial charge is 1.00 e. The molecule has 0 rings (SSSR count).